The highest BCUT2D eigenvalue weighted by Crippen LogP contribution is 2.22. The van der Waals surface area contributed by atoms with Gasteiger partial charge < -0.3 is 5.32 Å². The number of H-pyrrole nitrogens is 1. The van der Waals surface area contributed by atoms with Gasteiger partial charge in [0.2, 0.25) is 0 Å². The van der Waals surface area contributed by atoms with Gasteiger partial charge in [0.25, 0.3) is 5.91 Å². The molecule has 0 aliphatic carbocycles. The van der Waals surface area contributed by atoms with Crippen molar-refractivity contribution >= 4 is 11.6 Å². The van der Waals surface area contributed by atoms with Crippen molar-refractivity contribution in [2.75, 3.05) is 5.32 Å². The van der Waals surface area contributed by atoms with Crippen LogP contribution in [0.4, 0.5) is 5.69 Å². The number of carbonyl (C=O) groups is 1. The van der Waals surface area contributed by atoms with Crippen molar-refractivity contribution in [1.82, 2.24) is 25.2 Å². The van der Waals surface area contributed by atoms with E-state index in [9.17, 15) is 4.79 Å². The van der Waals surface area contributed by atoms with Gasteiger partial charge in [0.05, 0.1) is 17.6 Å². The molecule has 2 N–H and O–H groups in total. The van der Waals surface area contributed by atoms with Crippen molar-refractivity contribution in [3.8, 4) is 0 Å². The molecule has 90 valence electrons. The lowest BCUT2D eigenvalue weighted by Gasteiger charge is -2.05. The predicted molar refractivity (Wildman–Crippen MR) is 61.6 cm³/mol. The summed E-state index contributed by atoms with van der Waals surface area (Å²) < 4.78 is 1.67. The molecule has 0 saturated carbocycles. The fraction of sp³-hybridized carbons (Fsp3) is 0.400. The molecule has 0 aliphatic heterocycles. The number of aryl methyl sites for hydroxylation is 1. The van der Waals surface area contributed by atoms with Gasteiger partial charge in [0.1, 0.15) is 0 Å². The Labute approximate surface area is 98.2 Å². The maximum Gasteiger partial charge on any atom is 0.277 e. The lowest BCUT2D eigenvalue weighted by atomic mass is 10.1. The highest BCUT2D eigenvalue weighted by molar-refractivity contribution is 6.02. The van der Waals surface area contributed by atoms with Gasteiger partial charge in [-0.2, -0.15) is 20.5 Å². The first-order valence-corrected chi connectivity index (χ1v) is 5.28. The molecule has 2 aromatic rings. The molecule has 2 aromatic heterocycles. The maximum absolute atomic E-state index is 11.8. The Hall–Kier alpha value is -2.18. The summed E-state index contributed by atoms with van der Waals surface area (Å²) in [7, 11) is 1.82. The summed E-state index contributed by atoms with van der Waals surface area (Å²) in [4.78, 5) is 11.8. The second kappa shape index (κ2) is 4.36. The third-order valence-electron chi connectivity index (χ3n) is 2.30. The van der Waals surface area contributed by atoms with Crippen molar-refractivity contribution in [2.24, 2.45) is 7.05 Å². The van der Waals surface area contributed by atoms with E-state index in [1.54, 1.807) is 10.9 Å². The van der Waals surface area contributed by atoms with E-state index in [1.807, 2.05) is 20.9 Å². The van der Waals surface area contributed by atoms with Crippen LogP contribution in [0.1, 0.15) is 35.9 Å². The zero-order valence-electron chi connectivity index (χ0n) is 9.93. The number of nitrogens with one attached hydrogen (secondary N) is 2. The summed E-state index contributed by atoms with van der Waals surface area (Å²) in [5.74, 6) is -0.0579. The summed E-state index contributed by atoms with van der Waals surface area (Å²) in [6.07, 6.45) is 3.15. The molecule has 7 heteroatoms. The van der Waals surface area contributed by atoms with Crippen LogP contribution >= 0.6 is 0 Å². The minimum atomic E-state index is -0.298. The molecule has 0 fully saturated rings. The molecule has 17 heavy (non-hydrogen) atoms. The lowest BCUT2D eigenvalue weighted by molar-refractivity contribution is 0.102. The van der Waals surface area contributed by atoms with E-state index >= 15 is 0 Å². The van der Waals surface area contributed by atoms with Crippen molar-refractivity contribution in [3.05, 3.63) is 23.8 Å². The molecule has 0 unspecified atom stereocenters. The zero-order chi connectivity index (χ0) is 12.4. The van der Waals surface area contributed by atoms with Gasteiger partial charge >= 0.3 is 0 Å². The molecule has 0 bridgehead atoms. The second-order valence-corrected chi connectivity index (χ2v) is 4.07. The van der Waals surface area contributed by atoms with Crippen LogP contribution in [0, 0.1) is 0 Å². The Balaban J connectivity index is 2.21. The average molecular weight is 234 g/mol. The van der Waals surface area contributed by atoms with Gasteiger partial charge in [-0.05, 0) is 5.92 Å². The van der Waals surface area contributed by atoms with Crippen LogP contribution in [-0.4, -0.2) is 31.1 Å². The van der Waals surface area contributed by atoms with Gasteiger partial charge in [0.15, 0.2) is 5.69 Å². The number of nitrogens with zero attached hydrogens (tertiary/aromatic N) is 4. The van der Waals surface area contributed by atoms with Gasteiger partial charge in [-0.3, -0.25) is 9.48 Å². The molecular weight excluding hydrogens is 220 g/mol. The number of carbonyl (C=O) groups excluding carboxylic acids is 1. The molecule has 2 heterocycles. The van der Waals surface area contributed by atoms with Crippen LogP contribution in [0.25, 0.3) is 0 Å². The Bertz CT molecular complexity index is 513. The fourth-order valence-electron chi connectivity index (χ4n) is 1.53. The van der Waals surface area contributed by atoms with Crippen LogP contribution in [0.2, 0.25) is 0 Å². The monoisotopic (exact) mass is 234 g/mol. The van der Waals surface area contributed by atoms with E-state index in [2.05, 4.69) is 25.8 Å². The lowest BCUT2D eigenvalue weighted by Crippen LogP contribution is -2.13. The SMILES string of the molecule is CC(C)c1nn(C)cc1NC(=O)c1cn[nH]n1. The van der Waals surface area contributed by atoms with Crippen LogP contribution in [0.15, 0.2) is 12.4 Å². The number of aromatic nitrogens is 5. The molecule has 0 spiro atoms. The van der Waals surface area contributed by atoms with Crippen molar-refractivity contribution in [1.29, 1.82) is 0 Å². The molecular formula is C10H14N6O. The standard InChI is InChI=1S/C10H14N6O/c1-6(2)9-8(5-16(3)14-9)12-10(17)7-4-11-15-13-7/h4-6H,1-3H3,(H,12,17)(H,11,13,15). The zero-order valence-corrected chi connectivity index (χ0v) is 9.93. The highest BCUT2D eigenvalue weighted by atomic mass is 16.2. The van der Waals surface area contributed by atoms with Crippen molar-refractivity contribution in [2.45, 2.75) is 19.8 Å². The van der Waals surface area contributed by atoms with Crippen LogP contribution in [-0.2, 0) is 7.05 Å². The molecule has 7 nitrogen and oxygen atoms in total. The molecule has 2 rings (SSSR count). The molecule has 0 saturated heterocycles. The first-order chi connectivity index (χ1) is 8.08. The summed E-state index contributed by atoms with van der Waals surface area (Å²) in [5.41, 5.74) is 1.81. The van der Waals surface area contributed by atoms with E-state index in [1.165, 1.54) is 6.20 Å². The Kier molecular flexibility index (Phi) is 2.90. The number of hydrogen-bond acceptors (Lipinski definition) is 4. The predicted octanol–water partition coefficient (Wildman–Crippen LogP) is 0.914. The summed E-state index contributed by atoms with van der Waals surface area (Å²) in [6.45, 7) is 4.04. The third-order valence-corrected chi connectivity index (χ3v) is 2.30. The maximum atomic E-state index is 11.8. The molecule has 0 atom stereocenters. The minimum absolute atomic E-state index is 0.240. The van der Waals surface area contributed by atoms with E-state index in [0.29, 0.717) is 5.69 Å². The van der Waals surface area contributed by atoms with Crippen LogP contribution < -0.4 is 5.32 Å². The van der Waals surface area contributed by atoms with E-state index in [0.717, 1.165) is 5.69 Å². The van der Waals surface area contributed by atoms with E-state index in [-0.39, 0.29) is 17.5 Å². The second-order valence-electron chi connectivity index (χ2n) is 4.07. The smallest absolute Gasteiger partial charge is 0.277 e. The first kappa shape index (κ1) is 11.3. The molecule has 0 radical (unpaired) electrons. The molecule has 0 aliphatic rings. The largest absolute Gasteiger partial charge is 0.318 e. The Morgan fingerprint density at radius 1 is 1.53 bits per heavy atom. The molecule has 0 aromatic carbocycles. The average Bonchev–Trinajstić information content (AvgIpc) is 2.86. The third kappa shape index (κ3) is 2.32. The van der Waals surface area contributed by atoms with Gasteiger partial charge in [-0.1, -0.05) is 13.8 Å². The number of amides is 1. The normalized spacial score (nSPS) is 10.8. The van der Waals surface area contributed by atoms with Crippen LogP contribution in [0.3, 0.4) is 0 Å². The topological polar surface area (TPSA) is 88.5 Å². The summed E-state index contributed by atoms with van der Waals surface area (Å²) >= 11 is 0. The van der Waals surface area contributed by atoms with Crippen LogP contribution in [0.5, 0.6) is 0 Å². The van der Waals surface area contributed by atoms with E-state index < -0.39 is 0 Å². The summed E-state index contributed by atoms with van der Waals surface area (Å²) in [5, 5.41) is 16.8. The minimum Gasteiger partial charge on any atom is -0.318 e. The van der Waals surface area contributed by atoms with Gasteiger partial charge in [0, 0.05) is 13.2 Å². The van der Waals surface area contributed by atoms with Crippen molar-refractivity contribution in [3.63, 3.8) is 0 Å². The number of rotatable bonds is 3. The number of hydrogen-bond donors (Lipinski definition) is 2. The van der Waals surface area contributed by atoms with E-state index in [4.69, 9.17) is 0 Å². The summed E-state index contributed by atoms with van der Waals surface area (Å²) in [6, 6.07) is 0. The van der Waals surface area contributed by atoms with Crippen molar-refractivity contribution < 1.29 is 4.79 Å². The quantitative estimate of drug-likeness (QED) is 0.826. The molecule has 1 amide bonds. The Morgan fingerprint density at radius 3 is 2.88 bits per heavy atom. The fourth-order valence-corrected chi connectivity index (χ4v) is 1.53. The Morgan fingerprint density at radius 2 is 2.29 bits per heavy atom. The first-order valence-electron chi connectivity index (χ1n) is 5.28. The highest BCUT2D eigenvalue weighted by Gasteiger charge is 2.15. The van der Waals surface area contributed by atoms with Gasteiger partial charge in [-0.25, -0.2) is 0 Å². The number of aromatic amines is 1. The van der Waals surface area contributed by atoms with Gasteiger partial charge in [-0.15, -0.1) is 0 Å². The number of anilines is 1.